The summed E-state index contributed by atoms with van der Waals surface area (Å²) in [5.74, 6) is -0.689. The summed E-state index contributed by atoms with van der Waals surface area (Å²) in [7, 11) is 0. The monoisotopic (exact) mass is 300 g/mol. The fraction of sp³-hybridized carbons (Fsp3) is 0.167. The van der Waals surface area contributed by atoms with Crippen LogP contribution in [0.2, 0.25) is 10.0 Å². The predicted molar refractivity (Wildman–Crippen MR) is 72.4 cm³/mol. The minimum Gasteiger partial charge on any atom is -0.462 e. The van der Waals surface area contributed by atoms with Gasteiger partial charge in [-0.05, 0) is 19.1 Å². The molecular weight excluding hydrogens is 291 g/mol. The van der Waals surface area contributed by atoms with E-state index in [0.717, 1.165) is 4.68 Å². The molecule has 0 fully saturated rings. The van der Waals surface area contributed by atoms with Gasteiger partial charge in [0.15, 0.2) is 0 Å². The average molecular weight is 301 g/mol. The van der Waals surface area contributed by atoms with E-state index in [1.165, 1.54) is 6.20 Å². The Morgan fingerprint density at radius 3 is 2.58 bits per heavy atom. The molecule has 19 heavy (non-hydrogen) atoms. The summed E-state index contributed by atoms with van der Waals surface area (Å²) in [6.45, 7) is 1.85. The zero-order valence-corrected chi connectivity index (χ0v) is 11.5. The fourth-order valence-corrected chi connectivity index (χ4v) is 2.16. The van der Waals surface area contributed by atoms with Gasteiger partial charge < -0.3 is 4.74 Å². The van der Waals surface area contributed by atoms with Crippen molar-refractivity contribution in [1.29, 1.82) is 0 Å². The number of H-pyrrole nitrogens is 1. The third-order valence-corrected chi connectivity index (χ3v) is 3.04. The number of hydrogen-bond donors (Lipinski definition) is 1. The number of benzene rings is 1. The molecule has 2 rings (SSSR count). The van der Waals surface area contributed by atoms with Crippen molar-refractivity contribution in [2.75, 3.05) is 6.61 Å². The van der Waals surface area contributed by atoms with Gasteiger partial charge in [-0.1, -0.05) is 29.3 Å². The summed E-state index contributed by atoms with van der Waals surface area (Å²) in [6, 6.07) is 4.86. The van der Waals surface area contributed by atoms with Crippen LogP contribution in [-0.4, -0.2) is 22.4 Å². The molecule has 1 aromatic carbocycles. The van der Waals surface area contributed by atoms with E-state index in [1.54, 1.807) is 25.1 Å². The molecular formula is C12H10Cl2N2O3. The van der Waals surface area contributed by atoms with E-state index in [2.05, 4.69) is 5.10 Å². The maximum atomic E-state index is 12.1. The van der Waals surface area contributed by atoms with Crippen molar-refractivity contribution in [2.24, 2.45) is 0 Å². The number of halogens is 2. The highest BCUT2D eigenvalue weighted by Crippen LogP contribution is 2.26. The van der Waals surface area contributed by atoms with Crippen LogP contribution in [0.1, 0.15) is 17.3 Å². The molecule has 0 atom stereocenters. The lowest BCUT2D eigenvalue weighted by atomic mass is 10.3. The predicted octanol–water partition coefficient (Wildman–Crippen LogP) is 2.65. The van der Waals surface area contributed by atoms with Gasteiger partial charge in [0.1, 0.15) is 11.3 Å². The first-order valence-corrected chi connectivity index (χ1v) is 6.23. The first kappa shape index (κ1) is 13.7. The number of rotatable bonds is 3. The number of aromatic amines is 1. The number of para-hydroxylation sites is 1. The van der Waals surface area contributed by atoms with Gasteiger partial charge in [0.2, 0.25) is 0 Å². The van der Waals surface area contributed by atoms with Crippen molar-refractivity contribution in [3.63, 3.8) is 0 Å². The van der Waals surface area contributed by atoms with Gasteiger partial charge in [0.05, 0.1) is 16.7 Å². The first-order chi connectivity index (χ1) is 9.06. The Bertz CT molecular complexity index is 656. The lowest BCUT2D eigenvalue weighted by Gasteiger charge is -2.06. The molecule has 0 aliphatic carbocycles. The second-order valence-electron chi connectivity index (χ2n) is 3.62. The number of ether oxygens (including phenoxy) is 1. The average Bonchev–Trinajstić information content (AvgIpc) is 2.72. The molecule has 0 amide bonds. The van der Waals surface area contributed by atoms with E-state index in [9.17, 15) is 9.59 Å². The molecule has 0 saturated heterocycles. The number of aromatic nitrogens is 2. The number of esters is 1. The Morgan fingerprint density at radius 2 is 2.00 bits per heavy atom. The number of carbonyl (C=O) groups excluding carboxylic acids is 1. The third kappa shape index (κ3) is 2.52. The van der Waals surface area contributed by atoms with E-state index in [4.69, 9.17) is 27.9 Å². The zero-order chi connectivity index (χ0) is 14.0. The molecule has 7 heteroatoms. The summed E-state index contributed by atoms with van der Waals surface area (Å²) in [5.41, 5.74) is -0.363. The minimum absolute atomic E-state index is 0.0992. The molecule has 100 valence electrons. The van der Waals surface area contributed by atoms with Crippen molar-refractivity contribution in [2.45, 2.75) is 6.92 Å². The molecule has 5 nitrogen and oxygen atoms in total. The third-order valence-electron chi connectivity index (χ3n) is 2.43. The Kier molecular flexibility index (Phi) is 3.97. The second-order valence-corrected chi connectivity index (χ2v) is 4.43. The maximum Gasteiger partial charge on any atom is 0.345 e. The second kappa shape index (κ2) is 5.50. The van der Waals surface area contributed by atoms with Crippen molar-refractivity contribution in [1.82, 2.24) is 9.78 Å². The van der Waals surface area contributed by atoms with Gasteiger partial charge in [-0.2, -0.15) is 0 Å². The summed E-state index contributed by atoms with van der Waals surface area (Å²) in [4.78, 5) is 23.7. The normalized spacial score (nSPS) is 10.5. The van der Waals surface area contributed by atoms with Gasteiger partial charge in [0, 0.05) is 6.20 Å². The standard InChI is InChI=1S/C12H10Cl2N2O3/c1-2-19-12(18)7-6-15-16(11(7)17)10-8(13)4-3-5-9(10)14/h3-6,15H,2H2,1H3. The van der Waals surface area contributed by atoms with Crippen LogP contribution in [0.5, 0.6) is 0 Å². The molecule has 0 aliphatic rings. The largest absolute Gasteiger partial charge is 0.462 e. The van der Waals surface area contributed by atoms with Crippen molar-refractivity contribution in [3.05, 3.63) is 50.4 Å². The van der Waals surface area contributed by atoms with E-state index < -0.39 is 11.5 Å². The van der Waals surface area contributed by atoms with Crippen LogP contribution in [-0.2, 0) is 4.74 Å². The first-order valence-electron chi connectivity index (χ1n) is 5.48. The fourth-order valence-electron chi connectivity index (χ4n) is 1.59. The van der Waals surface area contributed by atoms with Crippen molar-refractivity contribution < 1.29 is 9.53 Å². The Morgan fingerprint density at radius 1 is 1.37 bits per heavy atom. The lowest BCUT2D eigenvalue weighted by Crippen LogP contribution is -2.21. The summed E-state index contributed by atoms with van der Waals surface area (Å²) < 4.78 is 5.89. The Hall–Kier alpha value is -1.72. The molecule has 0 bridgehead atoms. The van der Waals surface area contributed by atoms with E-state index in [0.29, 0.717) is 15.7 Å². The van der Waals surface area contributed by atoms with Crippen molar-refractivity contribution in [3.8, 4) is 5.69 Å². The highest BCUT2D eigenvalue weighted by Gasteiger charge is 2.18. The highest BCUT2D eigenvalue weighted by molar-refractivity contribution is 6.37. The van der Waals surface area contributed by atoms with Gasteiger partial charge in [0.25, 0.3) is 5.56 Å². The Labute approximate surface area is 118 Å². The molecule has 0 aliphatic heterocycles. The molecule has 1 aromatic heterocycles. The molecule has 0 radical (unpaired) electrons. The van der Waals surface area contributed by atoms with Gasteiger partial charge in [-0.15, -0.1) is 0 Å². The summed E-state index contributed by atoms with van der Waals surface area (Å²) >= 11 is 12.0. The quantitative estimate of drug-likeness (QED) is 0.886. The van der Waals surface area contributed by atoms with Crippen LogP contribution in [0.3, 0.4) is 0 Å². The number of hydrogen-bond acceptors (Lipinski definition) is 3. The van der Waals surface area contributed by atoms with E-state index in [1.807, 2.05) is 0 Å². The number of nitrogens with one attached hydrogen (secondary N) is 1. The van der Waals surface area contributed by atoms with Crippen molar-refractivity contribution >= 4 is 29.2 Å². The number of nitrogens with zero attached hydrogens (tertiary/aromatic N) is 1. The van der Waals surface area contributed by atoms with Crippen LogP contribution in [0.25, 0.3) is 5.69 Å². The van der Waals surface area contributed by atoms with Crippen LogP contribution < -0.4 is 5.56 Å². The van der Waals surface area contributed by atoms with E-state index in [-0.39, 0.29) is 12.2 Å². The maximum absolute atomic E-state index is 12.1. The Balaban J connectivity index is 2.54. The van der Waals surface area contributed by atoms with Gasteiger partial charge in [-0.3, -0.25) is 9.89 Å². The lowest BCUT2D eigenvalue weighted by molar-refractivity contribution is 0.0525. The summed E-state index contributed by atoms with van der Waals surface area (Å²) in [6.07, 6.45) is 1.26. The van der Waals surface area contributed by atoms with Crippen LogP contribution >= 0.6 is 23.2 Å². The molecule has 2 aromatic rings. The van der Waals surface area contributed by atoms with Crippen LogP contribution in [0.15, 0.2) is 29.2 Å². The molecule has 0 saturated carbocycles. The van der Waals surface area contributed by atoms with Gasteiger partial charge in [-0.25, -0.2) is 9.48 Å². The smallest absolute Gasteiger partial charge is 0.345 e. The summed E-state index contributed by atoms with van der Waals surface area (Å²) in [5, 5.41) is 3.24. The van der Waals surface area contributed by atoms with Crippen LogP contribution in [0.4, 0.5) is 0 Å². The highest BCUT2D eigenvalue weighted by atomic mass is 35.5. The molecule has 1 N–H and O–H groups in total. The van der Waals surface area contributed by atoms with Crippen LogP contribution in [0, 0.1) is 0 Å². The molecule has 0 spiro atoms. The van der Waals surface area contributed by atoms with Gasteiger partial charge >= 0.3 is 5.97 Å². The SMILES string of the molecule is CCOC(=O)c1c[nH]n(-c2c(Cl)cccc2Cl)c1=O. The minimum atomic E-state index is -0.689. The zero-order valence-electron chi connectivity index (χ0n) is 9.94. The number of carbonyl (C=O) groups is 1. The topological polar surface area (TPSA) is 64.1 Å². The molecule has 1 heterocycles. The van der Waals surface area contributed by atoms with E-state index >= 15 is 0 Å². The molecule has 0 unspecified atom stereocenters.